The van der Waals surface area contributed by atoms with Crippen LogP contribution in [0.2, 0.25) is 0 Å². The summed E-state index contributed by atoms with van der Waals surface area (Å²) in [7, 11) is 0. The van der Waals surface area contributed by atoms with E-state index in [9.17, 15) is 9.18 Å². The number of carbonyl (C=O) groups excluding carboxylic acids is 1. The molecule has 36 heavy (non-hydrogen) atoms. The van der Waals surface area contributed by atoms with Gasteiger partial charge in [0.1, 0.15) is 11.6 Å². The topological polar surface area (TPSA) is 48.5 Å². The van der Waals surface area contributed by atoms with Gasteiger partial charge < -0.3 is 10.2 Å². The summed E-state index contributed by atoms with van der Waals surface area (Å²) >= 11 is 1.38. The first-order valence-corrected chi connectivity index (χ1v) is 13.9. The zero-order valence-corrected chi connectivity index (χ0v) is 21.8. The number of halogens is 1. The van der Waals surface area contributed by atoms with Gasteiger partial charge in [-0.1, -0.05) is 37.1 Å². The van der Waals surface area contributed by atoms with E-state index in [2.05, 4.69) is 32.5 Å². The Labute approximate surface area is 217 Å². The quantitative estimate of drug-likeness (QED) is 0.430. The van der Waals surface area contributed by atoms with Crippen LogP contribution in [0.1, 0.15) is 36.8 Å². The average molecular weight is 507 g/mol. The lowest BCUT2D eigenvalue weighted by Gasteiger charge is -2.40. The smallest absolute Gasteiger partial charge is 0.244 e. The number of fused-ring (bicyclic) bond motifs is 1. The van der Waals surface area contributed by atoms with Crippen molar-refractivity contribution in [2.75, 3.05) is 44.2 Å². The van der Waals surface area contributed by atoms with Gasteiger partial charge in [-0.25, -0.2) is 4.39 Å². The number of carbonyl (C=O) groups is 1. The molecule has 0 bridgehead atoms. The third-order valence-corrected chi connectivity index (χ3v) is 8.59. The maximum Gasteiger partial charge on any atom is 0.244 e. The molecule has 1 saturated heterocycles. The summed E-state index contributed by atoms with van der Waals surface area (Å²) in [5.74, 6) is 1.93. The number of anilines is 1. The molecule has 2 fully saturated rings. The third kappa shape index (κ3) is 5.95. The maximum absolute atomic E-state index is 13.5. The van der Waals surface area contributed by atoms with Crippen molar-refractivity contribution in [2.24, 2.45) is 11.8 Å². The van der Waals surface area contributed by atoms with Crippen LogP contribution >= 0.6 is 11.5 Å². The Kier molecular flexibility index (Phi) is 7.97. The van der Waals surface area contributed by atoms with Crippen molar-refractivity contribution < 1.29 is 9.18 Å². The van der Waals surface area contributed by atoms with E-state index in [-0.39, 0.29) is 11.7 Å². The number of piperazine rings is 1. The highest BCUT2D eigenvalue weighted by Gasteiger charge is 2.29. The van der Waals surface area contributed by atoms with E-state index in [1.807, 2.05) is 30.3 Å². The molecule has 3 aromatic rings. The van der Waals surface area contributed by atoms with Gasteiger partial charge in [-0.05, 0) is 78.5 Å². The normalized spacial score (nSPS) is 21.3. The molecule has 1 amide bonds. The van der Waals surface area contributed by atoms with Crippen LogP contribution in [0.15, 0.2) is 48.5 Å². The highest BCUT2D eigenvalue weighted by molar-refractivity contribution is 7.13. The van der Waals surface area contributed by atoms with Gasteiger partial charge in [-0.3, -0.25) is 9.69 Å². The molecule has 7 heteroatoms. The van der Waals surface area contributed by atoms with E-state index in [0.717, 1.165) is 60.7 Å². The lowest BCUT2D eigenvalue weighted by atomic mass is 9.78. The predicted molar refractivity (Wildman–Crippen MR) is 147 cm³/mol. The fourth-order valence-electron chi connectivity index (χ4n) is 5.62. The Morgan fingerprint density at radius 3 is 2.69 bits per heavy atom. The molecule has 1 aliphatic heterocycles. The van der Waals surface area contributed by atoms with Crippen molar-refractivity contribution in [1.29, 1.82) is 0 Å². The molecule has 0 radical (unpaired) electrons. The van der Waals surface area contributed by atoms with Gasteiger partial charge in [0.25, 0.3) is 0 Å². The van der Waals surface area contributed by atoms with Crippen LogP contribution in [-0.2, 0) is 4.79 Å². The molecule has 0 spiro atoms. The number of nitrogens with zero attached hydrogens (tertiary/aromatic N) is 3. The summed E-state index contributed by atoms with van der Waals surface area (Å²) in [5.41, 5.74) is 2.26. The number of aromatic nitrogens is 1. The summed E-state index contributed by atoms with van der Waals surface area (Å²) in [6.07, 6.45) is 8.53. The van der Waals surface area contributed by atoms with Gasteiger partial charge in [-0.2, -0.15) is 4.37 Å². The summed E-state index contributed by atoms with van der Waals surface area (Å²) in [6, 6.07) is 13.1. The predicted octanol–water partition coefficient (Wildman–Crippen LogP) is 5.50. The molecule has 1 N–H and O–H groups in total. The first kappa shape index (κ1) is 24.9. The van der Waals surface area contributed by atoms with E-state index < -0.39 is 0 Å². The number of rotatable bonds is 7. The molecule has 2 aliphatic rings. The lowest BCUT2D eigenvalue weighted by Crippen LogP contribution is -2.49. The second-order valence-corrected chi connectivity index (χ2v) is 11.0. The minimum atomic E-state index is -0.206. The third-order valence-electron chi connectivity index (χ3n) is 7.79. The largest absolute Gasteiger partial charge is 0.353 e. The van der Waals surface area contributed by atoms with Crippen molar-refractivity contribution in [1.82, 2.24) is 14.6 Å². The van der Waals surface area contributed by atoms with Crippen LogP contribution in [0.5, 0.6) is 0 Å². The van der Waals surface area contributed by atoms with E-state index in [1.54, 1.807) is 12.1 Å². The number of benzene rings is 2. The minimum absolute atomic E-state index is 0.00781. The molecule has 2 atom stereocenters. The average Bonchev–Trinajstić information content (AvgIpc) is 3.31. The van der Waals surface area contributed by atoms with E-state index in [1.165, 1.54) is 48.8 Å². The summed E-state index contributed by atoms with van der Waals surface area (Å²) in [5, 5.41) is 4.22. The molecule has 5 rings (SSSR count). The number of nitrogens with one attached hydrogen (secondary N) is 1. The van der Waals surface area contributed by atoms with Crippen LogP contribution in [0.25, 0.3) is 16.2 Å². The summed E-state index contributed by atoms with van der Waals surface area (Å²) in [6.45, 7) is 7.80. The number of aryl methyl sites for hydroxylation is 1. The Hall–Kier alpha value is -2.77. The number of hydrogen-bond acceptors (Lipinski definition) is 5. The Morgan fingerprint density at radius 2 is 1.89 bits per heavy atom. The van der Waals surface area contributed by atoms with E-state index >= 15 is 0 Å². The zero-order valence-electron chi connectivity index (χ0n) is 21.0. The second-order valence-electron chi connectivity index (χ2n) is 10.2. The van der Waals surface area contributed by atoms with Gasteiger partial charge in [0.15, 0.2) is 0 Å². The highest BCUT2D eigenvalue weighted by Crippen LogP contribution is 2.33. The number of amides is 1. The zero-order chi connectivity index (χ0) is 24.9. The second kappa shape index (κ2) is 11.5. The van der Waals surface area contributed by atoms with Crippen LogP contribution in [0.3, 0.4) is 0 Å². The molecule has 190 valence electrons. The molecule has 5 nitrogen and oxygen atoms in total. The fourth-order valence-corrected chi connectivity index (χ4v) is 6.44. The molecule has 1 aliphatic carbocycles. The Bertz CT molecular complexity index is 1220. The lowest BCUT2D eigenvalue weighted by molar-refractivity contribution is -0.116. The van der Waals surface area contributed by atoms with Crippen molar-refractivity contribution in [3.63, 3.8) is 0 Å². The van der Waals surface area contributed by atoms with Crippen molar-refractivity contribution >= 4 is 39.4 Å². The van der Waals surface area contributed by atoms with Gasteiger partial charge in [0.05, 0.1) is 4.70 Å². The van der Waals surface area contributed by atoms with E-state index in [0.29, 0.717) is 11.8 Å². The first-order chi connectivity index (χ1) is 17.6. The molecule has 2 aromatic carbocycles. The monoisotopic (exact) mass is 506 g/mol. The van der Waals surface area contributed by atoms with E-state index in [4.69, 9.17) is 0 Å². The van der Waals surface area contributed by atoms with Crippen molar-refractivity contribution in [2.45, 2.75) is 32.6 Å². The van der Waals surface area contributed by atoms with Crippen LogP contribution < -0.4 is 10.2 Å². The van der Waals surface area contributed by atoms with Crippen LogP contribution in [-0.4, -0.2) is 54.4 Å². The highest BCUT2D eigenvalue weighted by atomic mass is 32.1. The fraction of sp³-hybridized carbons (Fsp3) is 0.448. The number of hydrogen-bond donors (Lipinski definition) is 1. The summed E-state index contributed by atoms with van der Waals surface area (Å²) in [4.78, 5) is 17.4. The van der Waals surface area contributed by atoms with Crippen molar-refractivity contribution in [3.8, 4) is 0 Å². The van der Waals surface area contributed by atoms with Gasteiger partial charge >= 0.3 is 0 Å². The molecule has 0 unspecified atom stereocenters. The van der Waals surface area contributed by atoms with Crippen molar-refractivity contribution in [3.05, 3.63) is 65.5 Å². The van der Waals surface area contributed by atoms with Crippen LogP contribution in [0.4, 0.5) is 10.2 Å². The molecular formula is C29H35FN4OS. The molecule has 1 saturated carbocycles. The Balaban J connectivity index is 1.12. The van der Waals surface area contributed by atoms with Gasteiger partial charge in [0.2, 0.25) is 5.91 Å². The first-order valence-electron chi connectivity index (χ1n) is 13.1. The molecular weight excluding hydrogens is 471 g/mol. The SMILES string of the molecule is Cc1ccccc1C=CC(=O)NC[C@@H]1CCCC[C@H]1CN1CCN(c2nsc3cc(F)ccc23)CC1. The van der Waals surface area contributed by atoms with Gasteiger partial charge in [-0.15, -0.1) is 0 Å². The minimum Gasteiger partial charge on any atom is -0.353 e. The summed E-state index contributed by atoms with van der Waals surface area (Å²) < 4.78 is 19.1. The maximum atomic E-state index is 13.5. The van der Waals surface area contributed by atoms with Crippen LogP contribution in [0, 0.1) is 24.6 Å². The Morgan fingerprint density at radius 1 is 1.11 bits per heavy atom. The molecule has 2 heterocycles. The van der Waals surface area contributed by atoms with Gasteiger partial charge in [0, 0.05) is 50.7 Å². The molecule has 1 aromatic heterocycles. The standard InChI is InChI=1S/C29H35FN4OS/c1-21-6-2-3-7-22(21)10-13-28(35)31-19-23-8-4-5-9-24(23)20-33-14-16-34(17-15-33)29-26-12-11-25(30)18-27(26)36-32-29/h2-3,6-7,10-13,18,23-24H,4-5,8-9,14-17,19-20H2,1H3,(H,31,35)/t23-,24-/m0/s1.